The number of Topliss-reactive ketones (excluding diaryl/α,β-unsaturated/α-hetero) is 1. The highest BCUT2D eigenvalue weighted by Crippen LogP contribution is 2.25. The van der Waals surface area contributed by atoms with Crippen molar-refractivity contribution < 1.29 is 4.79 Å². The van der Waals surface area contributed by atoms with E-state index >= 15 is 0 Å². The van der Waals surface area contributed by atoms with Crippen molar-refractivity contribution in [2.45, 2.75) is 46.6 Å². The lowest BCUT2D eigenvalue weighted by atomic mass is 9.84. The predicted octanol–water partition coefficient (Wildman–Crippen LogP) is 2.33. The van der Waals surface area contributed by atoms with E-state index in [9.17, 15) is 4.79 Å². The highest BCUT2D eigenvalue weighted by molar-refractivity contribution is 5.84. The molecule has 1 saturated heterocycles. The van der Waals surface area contributed by atoms with Gasteiger partial charge in [-0.2, -0.15) is 0 Å². The molecule has 1 heterocycles. The average molecular weight is 197 g/mol. The number of ketones is 1. The van der Waals surface area contributed by atoms with E-state index in [-0.39, 0.29) is 5.54 Å². The number of rotatable bonds is 1. The summed E-state index contributed by atoms with van der Waals surface area (Å²) in [4.78, 5) is 14.1. The van der Waals surface area contributed by atoms with Gasteiger partial charge in [-0.1, -0.05) is 13.8 Å². The lowest BCUT2D eigenvalue weighted by Crippen LogP contribution is -2.51. The molecule has 1 aliphatic heterocycles. The third kappa shape index (κ3) is 2.57. The second-order valence-corrected chi connectivity index (χ2v) is 5.70. The van der Waals surface area contributed by atoms with Crippen LogP contribution in [-0.4, -0.2) is 29.3 Å². The van der Waals surface area contributed by atoms with Gasteiger partial charge in [0.25, 0.3) is 0 Å². The van der Waals surface area contributed by atoms with Gasteiger partial charge in [-0.15, -0.1) is 0 Å². The zero-order valence-electron chi connectivity index (χ0n) is 10.1. The van der Waals surface area contributed by atoms with Crippen molar-refractivity contribution in [1.82, 2.24) is 4.90 Å². The van der Waals surface area contributed by atoms with Gasteiger partial charge in [-0.25, -0.2) is 0 Å². The molecule has 0 aromatic carbocycles. The van der Waals surface area contributed by atoms with Crippen molar-refractivity contribution in [2.24, 2.45) is 11.8 Å². The fraction of sp³-hybridized carbons (Fsp3) is 0.917. The number of nitrogens with zero attached hydrogens (tertiary/aromatic N) is 1. The Balaban J connectivity index is 2.60. The smallest absolute Gasteiger partial charge is 0.150 e. The standard InChI is InChI=1S/C12H23NO/c1-9(2)10-6-7-13(8-11(10)14)12(3,4)5/h9-10H,6-8H2,1-5H3/t10-/m1/s1. The maximum atomic E-state index is 11.9. The van der Waals surface area contributed by atoms with E-state index in [1.54, 1.807) is 0 Å². The molecule has 0 spiro atoms. The largest absolute Gasteiger partial charge is 0.298 e. The number of likely N-dealkylation sites (tertiary alicyclic amines) is 1. The summed E-state index contributed by atoms with van der Waals surface area (Å²) in [5.74, 6) is 1.24. The maximum Gasteiger partial charge on any atom is 0.150 e. The van der Waals surface area contributed by atoms with E-state index in [2.05, 4.69) is 39.5 Å². The lowest BCUT2D eigenvalue weighted by molar-refractivity contribution is -0.130. The van der Waals surface area contributed by atoms with Crippen molar-refractivity contribution in [2.75, 3.05) is 13.1 Å². The Labute approximate surface area is 87.7 Å². The highest BCUT2D eigenvalue weighted by atomic mass is 16.1. The molecule has 0 aliphatic carbocycles. The number of carbonyl (C=O) groups excluding carboxylic acids is 1. The molecule has 0 aromatic rings. The highest BCUT2D eigenvalue weighted by Gasteiger charge is 2.33. The molecule has 0 radical (unpaired) electrons. The molecule has 1 rings (SSSR count). The molecule has 0 amide bonds. The van der Waals surface area contributed by atoms with Crippen LogP contribution in [0.25, 0.3) is 0 Å². The van der Waals surface area contributed by atoms with Crippen LogP contribution in [0, 0.1) is 11.8 Å². The average Bonchev–Trinajstić information content (AvgIpc) is 2.01. The Morgan fingerprint density at radius 1 is 1.36 bits per heavy atom. The Hall–Kier alpha value is -0.370. The first-order chi connectivity index (χ1) is 6.32. The Morgan fingerprint density at radius 2 is 1.93 bits per heavy atom. The molecule has 82 valence electrons. The second kappa shape index (κ2) is 4.01. The Bertz CT molecular complexity index is 215. The van der Waals surface area contributed by atoms with Crippen LogP contribution in [0.2, 0.25) is 0 Å². The zero-order chi connectivity index (χ0) is 10.9. The summed E-state index contributed by atoms with van der Waals surface area (Å²) in [6, 6.07) is 0. The molecular formula is C12H23NO. The van der Waals surface area contributed by atoms with Crippen LogP contribution in [0.4, 0.5) is 0 Å². The van der Waals surface area contributed by atoms with Crippen molar-refractivity contribution in [3.8, 4) is 0 Å². The number of carbonyl (C=O) groups is 1. The van der Waals surface area contributed by atoms with Crippen molar-refractivity contribution in [1.29, 1.82) is 0 Å². The summed E-state index contributed by atoms with van der Waals surface area (Å²) in [6.07, 6.45) is 1.04. The summed E-state index contributed by atoms with van der Waals surface area (Å²) in [6.45, 7) is 12.5. The summed E-state index contributed by atoms with van der Waals surface area (Å²) in [7, 11) is 0. The lowest BCUT2D eigenvalue weighted by Gasteiger charge is -2.40. The van der Waals surface area contributed by atoms with Gasteiger partial charge in [0.05, 0.1) is 6.54 Å². The third-order valence-electron chi connectivity index (χ3n) is 3.22. The van der Waals surface area contributed by atoms with Crippen LogP contribution in [0.3, 0.4) is 0 Å². The Morgan fingerprint density at radius 3 is 2.29 bits per heavy atom. The molecule has 2 heteroatoms. The number of piperidine rings is 1. The Kier molecular flexibility index (Phi) is 3.36. The number of hydrogen-bond donors (Lipinski definition) is 0. The van der Waals surface area contributed by atoms with E-state index in [1.807, 2.05) is 0 Å². The monoisotopic (exact) mass is 197 g/mol. The van der Waals surface area contributed by atoms with Crippen LogP contribution >= 0.6 is 0 Å². The quantitative estimate of drug-likeness (QED) is 0.643. The summed E-state index contributed by atoms with van der Waals surface area (Å²) < 4.78 is 0. The molecule has 2 nitrogen and oxygen atoms in total. The summed E-state index contributed by atoms with van der Waals surface area (Å²) in [5, 5.41) is 0. The first kappa shape index (κ1) is 11.7. The molecule has 0 N–H and O–H groups in total. The van der Waals surface area contributed by atoms with Gasteiger partial charge in [-0.05, 0) is 39.7 Å². The van der Waals surface area contributed by atoms with E-state index < -0.39 is 0 Å². The molecule has 14 heavy (non-hydrogen) atoms. The van der Waals surface area contributed by atoms with Gasteiger partial charge in [0, 0.05) is 11.5 Å². The molecule has 1 atom stereocenters. The van der Waals surface area contributed by atoms with Crippen LogP contribution in [0.1, 0.15) is 41.0 Å². The maximum absolute atomic E-state index is 11.9. The molecule has 0 aromatic heterocycles. The zero-order valence-corrected chi connectivity index (χ0v) is 10.1. The van der Waals surface area contributed by atoms with Gasteiger partial charge < -0.3 is 0 Å². The normalized spacial score (nSPS) is 25.9. The fourth-order valence-corrected chi connectivity index (χ4v) is 2.12. The minimum atomic E-state index is 0.137. The first-order valence-electron chi connectivity index (χ1n) is 5.60. The summed E-state index contributed by atoms with van der Waals surface area (Å²) in [5.41, 5.74) is 0.137. The van der Waals surface area contributed by atoms with Gasteiger partial charge in [0.2, 0.25) is 0 Å². The SMILES string of the molecule is CC(C)[C@H]1CCN(C(C)(C)C)CC1=O. The third-order valence-corrected chi connectivity index (χ3v) is 3.22. The topological polar surface area (TPSA) is 20.3 Å². The predicted molar refractivity (Wildman–Crippen MR) is 59.3 cm³/mol. The van der Waals surface area contributed by atoms with Crippen molar-refractivity contribution in [3.63, 3.8) is 0 Å². The van der Waals surface area contributed by atoms with E-state index in [0.717, 1.165) is 13.0 Å². The van der Waals surface area contributed by atoms with E-state index in [0.29, 0.717) is 24.2 Å². The molecular weight excluding hydrogens is 174 g/mol. The van der Waals surface area contributed by atoms with Crippen molar-refractivity contribution >= 4 is 5.78 Å². The molecule has 1 fully saturated rings. The fourth-order valence-electron chi connectivity index (χ4n) is 2.12. The van der Waals surface area contributed by atoms with Crippen molar-refractivity contribution in [3.05, 3.63) is 0 Å². The summed E-state index contributed by atoms with van der Waals surface area (Å²) >= 11 is 0. The second-order valence-electron chi connectivity index (χ2n) is 5.70. The molecule has 0 saturated carbocycles. The van der Waals surface area contributed by atoms with E-state index in [1.165, 1.54) is 0 Å². The van der Waals surface area contributed by atoms with E-state index in [4.69, 9.17) is 0 Å². The van der Waals surface area contributed by atoms with Crippen LogP contribution in [-0.2, 0) is 4.79 Å². The van der Waals surface area contributed by atoms with Gasteiger partial charge >= 0.3 is 0 Å². The van der Waals surface area contributed by atoms with Crippen LogP contribution in [0.15, 0.2) is 0 Å². The minimum Gasteiger partial charge on any atom is -0.298 e. The first-order valence-corrected chi connectivity index (χ1v) is 5.60. The van der Waals surface area contributed by atoms with Gasteiger partial charge in [0.15, 0.2) is 0 Å². The minimum absolute atomic E-state index is 0.137. The van der Waals surface area contributed by atoms with Crippen LogP contribution in [0.5, 0.6) is 0 Å². The molecule has 0 bridgehead atoms. The number of hydrogen-bond acceptors (Lipinski definition) is 2. The van der Waals surface area contributed by atoms with Gasteiger partial charge in [0.1, 0.15) is 5.78 Å². The molecule has 1 aliphatic rings. The van der Waals surface area contributed by atoms with Gasteiger partial charge in [-0.3, -0.25) is 9.69 Å². The van der Waals surface area contributed by atoms with Crippen LogP contribution < -0.4 is 0 Å². The molecule has 0 unspecified atom stereocenters.